The van der Waals surface area contributed by atoms with Gasteiger partial charge in [0.2, 0.25) is 0 Å². The Kier molecular flexibility index (Phi) is 7.55. The van der Waals surface area contributed by atoms with Crippen molar-refractivity contribution in [2.24, 2.45) is 0 Å². The van der Waals surface area contributed by atoms with Crippen LogP contribution in [-0.4, -0.2) is 0 Å². The molecule has 1 rings (SSSR count). The third-order valence-electron chi connectivity index (χ3n) is 3.54. The molecule has 1 aromatic carbocycles. The van der Waals surface area contributed by atoms with Gasteiger partial charge in [-0.1, -0.05) is 86.9 Å². The summed E-state index contributed by atoms with van der Waals surface area (Å²) in [6.07, 6.45) is 3.77. The third kappa shape index (κ3) is 6.11. The van der Waals surface area contributed by atoms with Crippen molar-refractivity contribution in [3.8, 4) is 0 Å². The zero-order chi connectivity index (χ0) is 16.0. The summed E-state index contributed by atoms with van der Waals surface area (Å²) in [5.41, 5.74) is 4.93. The lowest BCUT2D eigenvalue weighted by atomic mass is 9.79. The quantitative estimate of drug-likeness (QED) is 0.579. The summed E-state index contributed by atoms with van der Waals surface area (Å²) in [5.74, 6) is 0. The van der Waals surface area contributed by atoms with Crippen molar-refractivity contribution in [3.63, 3.8) is 0 Å². The van der Waals surface area contributed by atoms with E-state index in [0.29, 0.717) is 0 Å². The van der Waals surface area contributed by atoms with E-state index in [1.54, 1.807) is 0 Å². The molecule has 0 N–H and O–H groups in total. The number of hydrogen-bond donors (Lipinski definition) is 0. The monoisotopic (exact) mass is 276 g/mol. The highest BCUT2D eigenvalue weighted by molar-refractivity contribution is 5.37. The minimum Gasteiger partial charge on any atom is -0.0683 e. The molecule has 20 heavy (non-hydrogen) atoms. The highest BCUT2D eigenvalue weighted by Crippen LogP contribution is 2.30. The van der Waals surface area contributed by atoms with Crippen molar-refractivity contribution in [1.82, 2.24) is 0 Å². The Balaban J connectivity index is 0.00000172. The van der Waals surface area contributed by atoms with Gasteiger partial charge in [-0.25, -0.2) is 0 Å². The number of hydrogen-bond acceptors (Lipinski definition) is 0. The summed E-state index contributed by atoms with van der Waals surface area (Å²) < 4.78 is 0. The van der Waals surface area contributed by atoms with Gasteiger partial charge < -0.3 is 0 Å². The first-order valence-corrected chi connectivity index (χ1v) is 8.29. The van der Waals surface area contributed by atoms with Gasteiger partial charge in [0, 0.05) is 0 Å². The Bertz CT molecular complexity index is 353. The third-order valence-corrected chi connectivity index (χ3v) is 3.54. The molecule has 0 aliphatic carbocycles. The Labute approximate surface area is 128 Å². The van der Waals surface area contributed by atoms with Crippen LogP contribution in [-0.2, 0) is 17.3 Å². The van der Waals surface area contributed by atoms with Crippen LogP contribution >= 0.6 is 0 Å². The van der Waals surface area contributed by atoms with Crippen LogP contribution in [0.15, 0.2) is 18.2 Å². The van der Waals surface area contributed by atoms with Crippen LogP contribution in [0.25, 0.3) is 0 Å². The van der Waals surface area contributed by atoms with Crippen molar-refractivity contribution >= 4 is 0 Å². The lowest BCUT2D eigenvalue weighted by molar-refractivity contribution is 0.566. The number of benzene rings is 1. The molecule has 1 aromatic rings. The van der Waals surface area contributed by atoms with Crippen LogP contribution in [0.1, 0.15) is 91.8 Å². The lowest BCUT2D eigenvalue weighted by Gasteiger charge is -2.26. The second-order valence-electron chi connectivity index (χ2n) is 7.52. The topological polar surface area (TPSA) is 0 Å². The smallest absolute Gasteiger partial charge is 0.0132 e. The molecule has 0 radical (unpaired) electrons. The summed E-state index contributed by atoms with van der Waals surface area (Å²) in [6, 6.07) is 7.21. The fourth-order valence-electron chi connectivity index (χ4n) is 2.08. The molecular weight excluding hydrogens is 240 g/mol. The fraction of sp³-hybridized carbons (Fsp3) is 0.700. The maximum Gasteiger partial charge on any atom is -0.0132 e. The average Bonchev–Trinajstić information content (AvgIpc) is 2.36. The molecule has 0 bridgehead atoms. The van der Waals surface area contributed by atoms with Crippen molar-refractivity contribution in [2.45, 2.75) is 92.4 Å². The van der Waals surface area contributed by atoms with Gasteiger partial charge >= 0.3 is 0 Å². The summed E-state index contributed by atoms with van der Waals surface area (Å²) in [4.78, 5) is 0. The summed E-state index contributed by atoms with van der Waals surface area (Å²) >= 11 is 0. The van der Waals surface area contributed by atoms with Gasteiger partial charge in [-0.2, -0.15) is 0 Å². The molecule has 0 nitrogen and oxygen atoms in total. The highest BCUT2D eigenvalue weighted by atomic mass is 14.2. The highest BCUT2D eigenvalue weighted by Gasteiger charge is 2.20. The first-order chi connectivity index (χ1) is 9.14. The van der Waals surface area contributed by atoms with Gasteiger partial charge in [0.1, 0.15) is 0 Å². The summed E-state index contributed by atoms with van der Waals surface area (Å²) in [5, 5.41) is 0. The van der Waals surface area contributed by atoms with E-state index in [1.807, 2.05) is 13.8 Å². The fourth-order valence-corrected chi connectivity index (χ4v) is 2.08. The molecule has 0 aliphatic heterocycles. The molecule has 0 saturated heterocycles. The number of aryl methyl sites for hydroxylation is 1. The molecule has 0 atom stereocenters. The molecule has 116 valence electrons. The predicted molar refractivity (Wildman–Crippen MR) is 93.8 cm³/mol. The second-order valence-corrected chi connectivity index (χ2v) is 7.52. The zero-order valence-electron chi connectivity index (χ0n) is 15.4. The molecule has 0 aromatic heterocycles. The molecule has 0 aliphatic rings. The standard InChI is InChI=1S/C18H30.C2H6/c1-8-9-10-14-11-15(17(2,3)4)13-16(12-14)18(5,6)7;1-2/h11-13H,8-10H2,1-7H3;1-2H3. The summed E-state index contributed by atoms with van der Waals surface area (Å²) in [7, 11) is 0. The number of unbranched alkanes of at least 4 members (excludes halogenated alkanes) is 1. The average molecular weight is 277 g/mol. The van der Waals surface area contributed by atoms with E-state index in [2.05, 4.69) is 66.7 Å². The van der Waals surface area contributed by atoms with Crippen LogP contribution in [0.2, 0.25) is 0 Å². The zero-order valence-corrected chi connectivity index (χ0v) is 15.4. The van der Waals surface area contributed by atoms with E-state index in [-0.39, 0.29) is 10.8 Å². The molecule has 0 heteroatoms. The number of rotatable bonds is 3. The van der Waals surface area contributed by atoms with Crippen LogP contribution in [0.3, 0.4) is 0 Å². The van der Waals surface area contributed by atoms with Gasteiger partial charge in [-0.15, -0.1) is 0 Å². The first-order valence-electron chi connectivity index (χ1n) is 8.29. The van der Waals surface area contributed by atoms with Crippen LogP contribution in [0, 0.1) is 0 Å². The maximum atomic E-state index is 2.41. The Morgan fingerprint density at radius 3 is 1.45 bits per heavy atom. The molecule has 0 amide bonds. The molecule has 0 spiro atoms. The minimum absolute atomic E-state index is 0.238. The Morgan fingerprint density at radius 1 is 0.750 bits per heavy atom. The maximum absolute atomic E-state index is 2.41. The van der Waals surface area contributed by atoms with Crippen molar-refractivity contribution in [3.05, 3.63) is 34.9 Å². The Morgan fingerprint density at radius 2 is 1.15 bits per heavy atom. The van der Waals surface area contributed by atoms with E-state index in [0.717, 1.165) is 0 Å². The van der Waals surface area contributed by atoms with Crippen LogP contribution in [0.5, 0.6) is 0 Å². The van der Waals surface area contributed by atoms with E-state index >= 15 is 0 Å². The lowest BCUT2D eigenvalue weighted by Crippen LogP contribution is -2.17. The molecular formula is C20H36. The van der Waals surface area contributed by atoms with Gasteiger partial charge in [0.05, 0.1) is 0 Å². The van der Waals surface area contributed by atoms with Crippen LogP contribution < -0.4 is 0 Å². The van der Waals surface area contributed by atoms with Crippen molar-refractivity contribution in [1.29, 1.82) is 0 Å². The minimum atomic E-state index is 0.238. The SMILES string of the molecule is CC.CCCCc1cc(C(C)(C)C)cc(C(C)(C)C)c1. The van der Waals surface area contributed by atoms with Crippen molar-refractivity contribution < 1.29 is 0 Å². The van der Waals surface area contributed by atoms with Crippen LogP contribution in [0.4, 0.5) is 0 Å². The van der Waals surface area contributed by atoms with E-state index in [9.17, 15) is 0 Å². The largest absolute Gasteiger partial charge is 0.0683 e. The van der Waals surface area contributed by atoms with E-state index in [4.69, 9.17) is 0 Å². The van der Waals surface area contributed by atoms with E-state index < -0.39 is 0 Å². The normalized spacial score (nSPS) is 11.8. The molecule has 0 unspecified atom stereocenters. The second kappa shape index (κ2) is 7.86. The molecule has 0 fully saturated rings. The van der Waals surface area contributed by atoms with Gasteiger partial charge in [0.25, 0.3) is 0 Å². The Hall–Kier alpha value is -0.780. The van der Waals surface area contributed by atoms with Gasteiger partial charge in [-0.3, -0.25) is 0 Å². The van der Waals surface area contributed by atoms with Gasteiger partial charge in [-0.05, 0) is 40.4 Å². The predicted octanol–water partition coefficient (Wildman–Crippen LogP) is 6.65. The molecule has 0 heterocycles. The summed E-state index contributed by atoms with van der Waals surface area (Å²) in [6.45, 7) is 20.1. The van der Waals surface area contributed by atoms with E-state index in [1.165, 1.54) is 36.0 Å². The van der Waals surface area contributed by atoms with Crippen molar-refractivity contribution in [2.75, 3.05) is 0 Å². The van der Waals surface area contributed by atoms with Gasteiger partial charge in [0.15, 0.2) is 0 Å². The molecule has 0 saturated carbocycles. The first kappa shape index (κ1) is 19.2.